The Labute approximate surface area is 159 Å². The molecule has 4 aliphatic rings. The Hall–Kier alpha value is -2.63. The number of nitrogens with zero attached hydrogens (tertiary/aromatic N) is 2. The van der Waals surface area contributed by atoms with Crippen molar-refractivity contribution in [2.75, 3.05) is 7.11 Å². The van der Waals surface area contributed by atoms with Crippen molar-refractivity contribution < 1.29 is 14.3 Å². The summed E-state index contributed by atoms with van der Waals surface area (Å²) in [6, 6.07) is 6.61. The van der Waals surface area contributed by atoms with Gasteiger partial charge in [0, 0.05) is 0 Å². The Morgan fingerprint density at radius 2 is 1.93 bits per heavy atom. The number of hydrogen-bond donors (Lipinski definition) is 1. The topological polar surface area (TPSA) is 71.0 Å². The predicted molar refractivity (Wildman–Crippen MR) is 102 cm³/mol. The van der Waals surface area contributed by atoms with Crippen LogP contribution in [-0.4, -0.2) is 30.3 Å². The van der Waals surface area contributed by atoms with Crippen molar-refractivity contribution in [3.05, 3.63) is 41.5 Å². The van der Waals surface area contributed by atoms with Crippen LogP contribution in [-0.2, 0) is 10.3 Å². The van der Waals surface area contributed by atoms with Gasteiger partial charge in [-0.1, -0.05) is 32.1 Å². The number of allylic oxidation sites excluding steroid dienone is 2. The summed E-state index contributed by atoms with van der Waals surface area (Å²) in [5.74, 6) is 1.50. The zero-order valence-electron chi connectivity index (χ0n) is 16.2. The molecule has 1 aliphatic heterocycles. The van der Waals surface area contributed by atoms with Gasteiger partial charge in [0.05, 0.1) is 13.3 Å². The van der Waals surface area contributed by atoms with Crippen molar-refractivity contribution in [2.45, 2.75) is 39.2 Å². The average molecular weight is 367 g/mol. The van der Waals surface area contributed by atoms with Gasteiger partial charge in [-0.25, -0.2) is 4.79 Å². The number of hydrogen-bond acceptors (Lipinski definition) is 4. The fourth-order valence-electron chi connectivity index (χ4n) is 4.52. The molecule has 1 saturated carbocycles. The molecule has 1 aromatic rings. The molecule has 3 aliphatic carbocycles. The third kappa shape index (κ3) is 2.58. The van der Waals surface area contributed by atoms with E-state index in [2.05, 4.69) is 30.3 Å². The Bertz CT molecular complexity index is 856. The lowest BCUT2D eigenvalue weighted by molar-refractivity contribution is -0.131. The van der Waals surface area contributed by atoms with E-state index in [1.807, 2.05) is 0 Å². The van der Waals surface area contributed by atoms with Gasteiger partial charge < -0.3 is 10.1 Å². The van der Waals surface area contributed by atoms with Gasteiger partial charge >= 0.3 is 6.03 Å². The third-order valence-electron chi connectivity index (χ3n) is 6.67. The maximum absolute atomic E-state index is 13.0. The zero-order valence-corrected chi connectivity index (χ0v) is 16.2. The molecule has 6 heteroatoms. The minimum Gasteiger partial charge on any atom is -0.497 e. The predicted octanol–water partition coefficient (Wildman–Crippen LogP) is 3.44. The van der Waals surface area contributed by atoms with Crippen molar-refractivity contribution in [1.82, 2.24) is 10.3 Å². The van der Waals surface area contributed by atoms with Crippen LogP contribution in [0.3, 0.4) is 0 Å². The van der Waals surface area contributed by atoms with Crippen LogP contribution in [0.1, 0.15) is 39.2 Å². The maximum Gasteiger partial charge on any atom is 0.346 e. The summed E-state index contributed by atoms with van der Waals surface area (Å²) in [6.45, 7) is 6.26. The van der Waals surface area contributed by atoms with Crippen molar-refractivity contribution >= 4 is 18.2 Å². The first kappa shape index (κ1) is 17.8. The van der Waals surface area contributed by atoms with E-state index in [-0.39, 0.29) is 11.3 Å². The second kappa shape index (κ2) is 5.94. The van der Waals surface area contributed by atoms with Crippen LogP contribution in [0.25, 0.3) is 0 Å². The monoisotopic (exact) mass is 367 g/mol. The number of amides is 3. The SMILES string of the molecule is COc1ccc(C2(C)NC(=O)N(N=CC3=CCC4CC3C4(C)C)C2=O)cc1. The molecule has 3 atom stereocenters. The fraction of sp³-hybridized carbons (Fsp3) is 0.476. The summed E-state index contributed by atoms with van der Waals surface area (Å²) >= 11 is 0. The molecule has 0 spiro atoms. The van der Waals surface area contributed by atoms with Crippen molar-refractivity contribution in [3.8, 4) is 5.75 Å². The molecule has 1 saturated heterocycles. The van der Waals surface area contributed by atoms with Gasteiger partial charge in [0.15, 0.2) is 0 Å². The number of benzene rings is 1. The lowest BCUT2D eigenvalue weighted by Gasteiger charge is -2.55. The number of carbonyl (C=O) groups excluding carboxylic acids is 2. The number of methoxy groups -OCH3 is 1. The van der Waals surface area contributed by atoms with Gasteiger partial charge in [0.2, 0.25) is 0 Å². The van der Waals surface area contributed by atoms with E-state index in [0.717, 1.165) is 29.3 Å². The molecular formula is C21H25N3O3. The average Bonchev–Trinajstić information content (AvgIpc) is 2.89. The van der Waals surface area contributed by atoms with Crippen molar-refractivity contribution in [2.24, 2.45) is 22.4 Å². The van der Waals surface area contributed by atoms with Crippen molar-refractivity contribution in [1.29, 1.82) is 0 Å². The van der Waals surface area contributed by atoms with E-state index in [0.29, 0.717) is 17.2 Å². The molecule has 0 radical (unpaired) electrons. The molecule has 27 heavy (non-hydrogen) atoms. The highest BCUT2D eigenvalue weighted by Crippen LogP contribution is 2.58. The standard InChI is InChI=1S/C21H25N3O3/c1-20(2)15-6-5-13(17(20)11-15)12-22-24-18(25)21(3,23-19(24)26)14-7-9-16(27-4)10-8-14/h5,7-10,12,15,17H,6,11H2,1-4H3,(H,23,26). The summed E-state index contributed by atoms with van der Waals surface area (Å²) in [5.41, 5.74) is 0.952. The highest BCUT2D eigenvalue weighted by molar-refractivity contribution is 6.07. The van der Waals surface area contributed by atoms with Gasteiger partial charge in [0.1, 0.15) is 11.3 Å². The molecule has 142 valence electrons. The van der Waals surface area contributed by atoms with Crippen molar-refractivity contribution in [3.63, 3.8) is 0 Å². The Kier molecular flexibility index (Phi) is 3.91. The Morgan fingerprint density at radius 3 is 2.52 bits per heavy atom. The largest absolute Gasteiger partial charge is 0.497 e. The molecule has 2 fully saturated rings. The van der Waals surface area contributed by atoms with E-state index in [1.54, 1.807) is 44.5 Å². The summed E-state index contributed by atoms with van der Waals surface area (Å²) in [4.78, 5) is 25.4. The lowest BCUT2D eigenvalue weighted by Crippen LogP contribution is -2.48. The van der Waals surface area contributed by atoms with Gasteiger partial charge in [-0.2, -0.15) is 5.10 Å². The van der Waals surface area contributed by atoms with Gasteiger partial charge in [-0.15, -0.1) is 5.01 Å². The maximum atomic E-state index is 13.0. The van der Waals surface area contributed by atoms with Crippen LogP contribution in [0, 0.1) is 17.3 Å². The van der Waals surface area contributed by atoms with E-state index >= 15 is 0 Å². The summed E-state index contributed by atoms with van der Waals surface area (Å²) in [6.07, 6.45) is 6.08. The molecule has 1 N–H and O–H groups in total. The van der Waals surface area contributed by atoms with E-state index < -0.39 is 11.6 Å². The van der Waals surface area contributed by atoms with Crippen LogP contribution >= 0.6 is 0 Å². The summed E-state index contributed by atoms with van der Waals surface area (Å²) in [5, 5.41) is 7.98. The number of fused-ring (bicyclic) bond motifs is 1. The van der Waals surface area contributed by atoms with E-state index in [1.165, 1.54) is 0 Å². The Balaban J connectivity index is 1.55. The first-order chi connectivity index (χ1) is 12.8. The van der Waals surface area contributed by atoms with Gasteiger partial charge in [-0.05, 0) is 60.3 Å². The lowest BCUT2D eigenvalue weighted by atomic mass is 9.49. The van der Waals surface area contributed by atoms with E-state index in [9.17, 15) is 9.59 Å². The molecular weight excluding hydrogens is 342 g/mol. The normalized spacial score (nSPS) is 31.6. The van der Waals surface area contributed by atoms with Gasteiger partial charge in [-0.3, -0.25) is 4.79 Å². The summed E-state index contributed by atoms with van der Waals surface area (Å²) < 4.78 is 5.16. The van der Waals surface area contributed by atoms with E-state index in [4.69, 9.17) is 4.74 Å². The number of nitrogens with one attached hydrogen (secondary N) is 1. The number of hydrazone groups is 1. The molecule has 6 nitrogen and oxygen atoms in total. The number of ether oxygens (including phenoxy) is 1. The molecule has 2 bridgehead atoms. The Morgan fingerprint density at radius 1 is 1.22 bits per heavy atom. The quantitative estimate of drug-likeness (QED) is 0.655. The molecule has 3 amide bonds. The van der Waals surface area contributed by atoms with Crippen LogP contribution in [0.2, 0.25) is 0 Å². The molecule has 1 aromatic carbocycles. The number of urea groups is 1. The first-order valence-corrected chi connectivity index (χ1v) is 9.32. The fourth-order valence-corrected chi connectivity index (χ4v) is 4.52. The zero-order chi connectivity index (χ0) is 19.4. The van der Waals surface area contributed by atoms with Crippen LogP contribution in [0.5, 0.6) is 5.75 Å². The highest BCUT2D eigenvalue weighted by Gasteiger charge is 2.52. The number of rotatable bonds is 4. The summed E-state index contributed by atoms with van der Waals surface area (Å²) in [7, 11) is 1.58. The van der Waals surface area contributed by atoms with Crippen LogP contribution in [0.4, 0.5) is 4.79 Å². The highest BCUT2D eigenvalue weighted by atomic mass is 16.5. The third-order valence-corrected chi connectivity index (χ3v) is 6.67. The molecule has 0 aromatic heterocycles. The molecule has 3 unspecified atom stereocenters. The first-order valence-electron chi connectivity index (χ1n) is 9.32. The minimum absolute atomic E-state index is 0.269. The van der Waals surface area contributed by atoms with Crippen LogP contribution < -0.4 is 10.1 Å². The molecule has 5 rings (SSSR count). The second-order valence-corrected chi connectivity index (χ2v) is 8.39. The van der Waals surface area contributed by atoms with Gasteiger partial charge in [0.25, 0.3) is 5.91 Å². The minimum atomic E-state index is -1.14. The number of carbonyl (C=O) groups is 2. The van der Waals surface area contributed by atoms with Crippen LogP contribution in [0.15, 0.2) is 41.0 Å². The molecule has 1 heterocycles. The second-order valence-electron chi connectivity index (χ2n) is 8.39. The number of imide groups is 1. The smallest absolute Gasteiger partial charge is 0.346 e.